The van der Waals surface area contributed by atoms with Gasteiger partial charge in [-0.05, 0) is 14.1 Å². The summed E-state index contributed by atoms with van der Waals surface area (Å²) in [6, 6.07) is 0. The Labute approximate surface area is 99.4 Å². The van der Waals surface area contributed by atoms with Crippen molar-refractivity contribution in [2.24, 2.45) is 12.2 Å². The molecule has 1 amide bonds. The number of aryl methyl sites for hydroxylation is 1. The molecule has 0 fully saturated rings. The van der Waals surface area contributed by atoms with Crippen LogP contribution in [0.2, 0.25) is 0 Å². The maximum Gasteiger partial charge on any atom is 0.243 e. The zero-order valence-corrected chi connectivity index (χ0v) is 10.7. The van der Waals surface area contributed by atoms with Crippen molar-refractivity contribution in [2.45, 2.75) is 4.90 Å². The molecule has 0 unspecified atom stereocenters. The summed E-state index contributed by atoms with van der Waals surface area (Å²) in [6.45, 7) is 0.126. The monoisotopic (exact) mass is 261 g/mol. The van der Waals surface area contributed by atoms with E-state index in [1.54, 1.807) is 19.0 Å². The highest BCUT2D eigenvalue weighted by Gasteiger charge is 2.19. The molecule has 0 aliphatic rings. The summed E-state index contributed by atoms with van der Waals surface area (Å²) in [6.07, 6.45) is 1.24. The maximum atomic E-state index is 11.5. The van der Waals surface area contributed by atoms with Crippen LogP contribution in [0.5, 0.6) is 0 Å². The molecule has 0 radical (unpaired) electrons. The topological polar surface area (TPSA) is 110 Å². The van der Waals surface area contributed by atoms with Gasteiger partial charge in [-0.25, -0.2) is 13.6 Å². The van der Waals surface area contributed by atoms with Gasteiger partial charge in [-0.3, -0.25) is 9.48 Å². The van der Waals surface area contributed by atoms with Crippen molar-refractivity contribution >= 4 is 21.7 Å². The third-order valence-corrected chi connectivity index (χ3v) is 2.73. The fourth-order valence-electron chi connectivity index (χ4n) is 1.22. The lowest BCUT2D eigenvalue weighted by Crippen LogP contribution is -2.28. The molecule has 0 spiro atoms. The highest BCUT2D eigenvalue weighted by Crippen LogP contribution is 2.16. The van der Waals surface area contributed by atoms with E-state index in [1.807, 2.05) is 0 Å². The summed E-state index contributed by atoms with van der Waals surface area (Å²) in [4.78, 5) is 12.9. The van der Waals surface area contributed by atoms with Crippen LogP contribution >= 0.6 is 0 Å². The smallest absolute Gasteiger partial charge is 0.243 e. The number of anilines is 1. The van der Waals surface area contributed by atoms with Crippen molar-refractivity contribution < 1.29 is 13.2 Å². The Morgan fingerprint density at radius 3 is 2.65 bits per heavy atom. The number of carbonyl (C=O) groups is 1. The van der Waals surface area contributed by atoms with E-state index in [4.69, 9.17) is 5.14 Å². The summed E-state index contributed by atoms with van der Waals surface area (Å²) in [7, 11) is 1.08. The Balaban J connectivity index is 2.96. The Hall–Kier alpha value is -1.45. The summed E-state index contributed by atoms with van der Waals surface area (Å²) in [5.41, 5.74) is 0. The molecule has 96 valence electrons. The third kappa shape index (κ3) is 3.80. The van der Waals surface area contributed by atoms with Gasteiger partial charge >= 0.3 is 0 Å². The van der Waals surface area contributed by atoms with Gasteiger partial charge in [-0.1, -0.05) is 0 Å². The van der Waals surface area contributed by atoms with E-state index in [9.17, 15) is 13.2 Å². The van der Waals surface area contributed by atoms with Crippen molar-refractivity contribution in [3.05, 3.63) is 6.20 Å². The number of amides is 1. The van der Waals surface area contributed by atoms with E-state index in [2.05, 4.69) is 10.4 Å². The second-order valence-electron chi connectivity index (χ2n) is 3.85. The highest BCUT2D eigenvalue weighted by molar-refractivity contribution is 7.89. The van der Waals surface area contributed by atoms with Gasteiger partial charge in [0.05, 0.1) is 6.54 Å². The Morgan fingerprint density at radius 2 is 2.18 bits per heavy atom. The van der Waals surface area contributed by atoms with E-state index >= 15 is 0 Å². The van der Waals surface area contributed by atoms with Gasteiger partial charge in [0.2, 0.25) is 15.9 Å². The number of hydrogen-bond donors (Lipinski definition) is 2. The molecule has 1 aromatic rings. The van der Waals surface area contributed by atoms with E-state index in [0.717, 1.165) is 0 Å². The lowest BCUT2D eigenvalue weighted by Gasteiger charge is -2.08. The number of primary sulfonamides is 1. The fraction of sp³-hybridized carbons (Fsp3) is 0.500. The molecule has 0 aromatic carbocycles. The summed E-state index contributed by atoms with van der Waals surface area (Å²) in [5, 5.41) is 11.2. The number of nitrogens with two attached hydrogens (primary N) is 1. The molecule has 8 nitrogen and oxygen atoms in total. The first-order valence-corrected chi connectivity index (χ1v) is 6.26. The largest absolute Gasteiger partial charge is 0.307 e. The molecule has 1 heterocycles. The standard InChI is InChI=1S/C8H15N5O3S/c1-12(2)5-7(14)10-8-6(17(9,15)16)4-13(3)11-8/h4H,5H2,1-3H3,(H2,9,15,16)(H,10,11,14). The van der Waals surface area contributed by atoms with E-state index < -0.39 is 10.0 Å². The molecule has 0 aliphatic heterocycles. The quantitative estimate of drug-likeness (QED) is 0.690. The predicted molar refractivity (Wildman–Crippen MR) is 61.8 cm³/mol. The van der Waals surface area contributed by atoms with Crippen LogP contribution in [-0.4, -0.2) is 49.6 Å². The fourth-order valence-corrected chi connectivity index (χ4v) is 1.88. The van der Waals surface area contributed by atoms with Gasteiger partial charge < -0.3 is 10.2 Å². The summed E-state index contributed by atoms with van der Waals surface area (Å²) in [5.74, 6) is -0.416. The van der Waals surface area contributed by atoms with Crippen LogP contribution in [0.1, 0.15) is 0 Å². The molecule has 1 aromatic heterocycles. The van der Waals surface area contributed by atoms with Crippen LogP contribution in [0.4, 0.5) is 5.82 Å². The summed E-state index contributed by atoms with van der Waals surface area (Å²) >= 11 is 0. The minimum atomic E-state index is -3.90. The van der Waals surface area contributed by atoms with E-state index in [1.165, 1.54) is 17.9 Å². The van der Waals surface area contributed by atoms with Gasteiger partial charge in [-0.2, -0.15) is 5.10 Å². The first-order valence-electron chi connectivity index (χ1n) is 4.71. The van der Waals surface area contributed by atoms with Gasteiger partial charge in [-0.15, -0.1) is 0 Å². The molecule has 0 atom stereocenters. The average Bonchev–Trinajstić information content (AvgIpc) is 2.43. The molecule has 17 heavy (non-hydrogen) atoms. The van der Waals surface area contributed by atoms with Gasteiger partial charge in [0.25, 0.3) is 0 Å². The number of likely N-dealkylation sites (N-methyl/N-ethyl adjacent to an activating group) is 1. The Morgan fingerprint density at radius 1 is 1.59 bits per heavy atom. The minimum absolute atomic E-state index is 0.0538. The number of sulfonamides is 1. The predicted octanol–water partition coefficient (Wildman–Crippen LogP) is -1.43. The number of rotatable bonds is 4. The van der Waals surface area contributed by atoms with E-state index in [-0.39, 0.29) is 23.2 Å². The Bertz CT molecular complexity index is 519. The van der Waals surface area contributed by atoms with Gasteiger partial charge in [0.15, 0.2) is 5.82 Å². The zero-order chi connectivity index (χ0) is 13.2. The normalized spacial score (nSPS) is 11.8. The van der Waals surface area contributed by atoms with Crippen molar-refractivity contribution in [3.8, 4) is 0 Å². The number of carbonyl (C=O) groups excluding carboxylic acids is 1. The molecule has 3 N–H and O–H groups in total. The lowest BCUT2D eigenvalue weighted by atomic mass is 10.5. The van der Waals surface area contributed by atoms with Crippen LogP contribution in [0, 0.1) is 0 Å². The first-order chi connectivity index (χ1) is 7.70. The highest BCUT2D eigenvalue weighted by atomic mass is 32.2. The molecule has 9 heteroatoms. The number of hydrogen-bond acceptors (Lipinski definition) is 5. The van der Waals surface area contributed by atoms with E-state index in [0.29, 0.717) is 0 Å². The van der Waals surface area contributed by atoms with Crippen molar-refractivity contribution in [3.63, 3.8) is 0 Å². The number of nitrogens with zero attached hydrogens (tertiary/aromatic N) is 3. The second-order valence-corrected chi connectivity index (χ2v) is 5.38. The maximum absolute atomic E-state index is 11.5. The van der Waals surface area contributed by atoms with Crippen molar-refractivity contribution in [1.29, 1.82) is 0 Å². The van der Waals surface area contributed by atoms with Crippen molar-refractivity contribution in [2.75, 3.05) is 26.0 Å². The first kappa shape index (κ1) is 13.6. The summed E-state index contributed by atoms with van der Waals surface area (Å²) < 4.78 is 23.7. The molecule has 0 saturated heterocycles. The van der Waals surface area contributed by atoms with Crippen LogP contribution in [-0.2, 0) is 21.9 Å². The number of aromatic nitrogens is 2. The second kappa shape index (κ2) is 4.82. The SMILES string of the molecule is CN(C)CC(=O)Nc1nn(C)cc1S(N)(=O)=O. The zero-order valence-electron chi connectivity index (χ0n) is 9.84. The third-order valence-electron chi connectivity index (χ3n) is 1.82. The van der Waals surface area contributed by atoms with Gasteiger partial charge in [0, 0.05) is 13.2 Å². The van der Waals surface area contributed by atoms with Crippen LogP contribution in [0.15, 0.2) is 11.1 Å². The molecule has 0 bridgehead atoms. The number of nitrogens with one attached hydrogen (secondary N) is 1. The average molecular weight is 261 g/mol. The molecular weight excluding hydrogens is 246 g/mol. The minimum Gasteiger partial charge on any atom is -0.307 e. The molecule has 0 aliphatic carbocycles. The lowest BCUT2D eigenvalue weighted by molar-refractivity contribution is -0.116. The van der Waals surface area contributed by atoms with Crippen molar-refractivity contribution in [1.82, 2.24) is 14.7 Å². The van der Waals surface area contributed by atoms with Crippen LogP contribution < -0.4 is 10.5 Å². The molecule has 1 rings (SSSR count). The van der Waals surface area contributed by atoms with Crippen LogP contribution in [0.25, 0.3) is 0 Å². The Kier molecular flexibility index (Phi) is 3.86. The van der Waals surface area contributed by atoms with Gasteiger partial charge in [0.1, 0.15) is 4.90 Å². The molecule has 0 saturated carbocycles. The molecular formula is C8H15N5O3S. The van der Waals surface area contributed by atoms with Crippen LogP contribution in [0.3, 0.4) is 0 Å².